The molecule has 0 fully saturated rings. The summed E-state index contributed by atoms with van der Waals surface area (Å²) < 4.78 is 2.83. The van der Waals surface area contributed by atoms with Crippen molar-refractivity contribution < 1.29 is 0 Å². The maximum Gasteiger partial charge on any atom is 0.134 e. The lowest BCUT2D eigenvalue weighted by Crippen LogP contribution is -2.59. The molecule has 0 heterocycles. The Bertz CT molecular complexity index is 156. The Morgan fingerprint density at radius 2 is 1.19 bits per heavy atom. The smallest absolute Gasteiger partial charge is 0.134 e. The highest BCUT2D eigenvalue weighted by Crippen LogP contribution is 2.19. The molecule has 100 valence electrons. The van der Waals surface area contributed by atoms with E-state index in [9.17, 15) is 0 Å². The fraction of sp³-hybridized carbons (Fsp3) is 1.00. The van der Waals surface area contributed by atoms with Crippen LogP contribution in [0.5, 0.6) is 0 Å². The molecule has 0 amide bonds. The van der Waals surface area contributed by atoms with Gasteiger partial charge < -0.3 is 4.23 Å². The molecule has 16 heavy (non-hydrogen) atoms. The lowest BCUT2D eigenvalue weighted by Gasteiger charge is -2.43. The van der Waals surface area contributed by atoms with E-state index in [0.29, 0.717) is 0 Å². The molecule has 0 atom stereocenters. The summed E-state index contributed by atoms with van der Waals surface area (Å²) in [7, 11) is -2.76. The van der Waals surface area contributed by atoms with Gasteiger partial charge in [-0.1, -0.05) is 59.3 Å². The first kappa shape index (κ1) is 19.2. The summed E-state index contributed by atoms with van der Waals surface area (Å²) in [5.74, 6) is 0. The van der Waals surface area contributed by atoms with Crippen LogP contribution in [-0.2, 0) is 0 Å². The summed E-state index contributed by atoms with van der Waals surface area (Å²) in [6.07, 6.45) is 1.30. The number of halogens is 1. The van der Waals surface area contributed by atoms with Crippen LogP contribution in [0.25, 0.3) is 0 Å². The van der Waals surface area contributed by atoms with Crippen molar-refractivity contribution >= 4 is 35.7 Å². The SMILES string of the molecule is CCCN([Si](C)(C)C)[Si](C)(C)C.C[SiH](C)Cl. The minimum Gasteiger partial charge on any atom is -0.346 e. The zero-order chi connectivity index (χ0) is 13.6. The van der Waals surface area contributed by atoms with Crippen LogP contribution in [0, 0.1) is 0 Å². The summed E-state index contributed by atoms with van der Waals surface area (Å²) in [5, 5.41) is 0. The summed E-state index contributed by atoms with van der Waals surface area (Å²) in [4.78, 5) is 0. The van der Waals surface area contributed by atoms with Gasteiger partial charge in [-0.25, -0.2) is 0 Å². The van der Waals surface area contributed by atoms with Crippen molar-refractivity contribution in [3.63, 3.8) is 0 Å². The van der Waals surface area contributed by atoms with Gasteiger partial charge in [0.1, 0.15) is 24.6 Å². The molecule has 0 saturated heterocycles. The molecule has 0 aromatic carbocycles. The van der Waals surface area contributed by atoms with E-state index < -0.39 is 24.6 Å². The van der Waals surface area contributed by atoms with Gasteiger partial charge in [-0.3, -0.25) is 0 Å². The van der Waals surface area contributed by atoms with Gasteiger partial charge in [0.05, 0.1) is 0 Å². The predicted molar refractivity (Wildman–Crippen MR) is 88.4 cm³/mol. The normalized spacial score (nSPS) is 12.8. The van der Waals surface area contributed by atoms with Crippen LogP contribution in [0.1, 0.15) is 13.3 Å². The quantitative estimate of drug-likeness (QED) is 0.542. The molecule has 0 unspecified atom stereocenters. The average Bonchev–Trinajstić information content (AvgIpc) is 1.94. The molecular formula is C11H32ClNSi3. The van der Waals surface area contributed by atoms with Crippen molar-refractivity contribution in [1.82, 2.24) is 4.23 Å². The van der Waals surface area contributed by atoms with E-state index in [2.05, 4.69) is 63.5 Å². The minimum atomic E-state index is -1.05. The van der Waals surface area contributed by atoms with E-state index >= 15 is 0 Å². The van der Waals surface area contributed by atoms with Crippen LogP contribution in [0.2, 0.25) is 52.4 Å². The van der Waals surface area contributed by atoms with E-state index in [4.69, 9.17) is 11.1 Å². The molecule has 0 aliphatic heterocycles. The second-order valence-corrected chi connectivity index (χ2v) is 21.4. The largest absolute Gasteiger partial charge is 0.346 e. The fourth-order valence-corrected chi connectivity index (χ4v) is 11.7. The Hall–Kier alpha value is 0.901. The predicted octanol–water partition coefficient (Wildman–Crippen LogP) is 4.58. The summed E-state index contributed by atoms with van der Waals surface area (Å²) >= 11 is 5.41. The molecular weight excluding hydrogens is 266 g/mol. The van der Waals surface area contributed by atoms with E-state index in [1.807, 2.05) is 0 Å². The second kappa shape index (κ2) is 8.08. The fourth-order valence-electron chi connectivity index (χ4n) is 1.90. The van der Waals surface area contributed by atoms with Gasteiger partial charge in [-0.15, -0.1) is 0 Å². The van der Waals surface area contributed by atoms with Crippen LogP contribution in [0.3, 0.4) is 0 Å². The van der Waals surface area contributed by atoms with Crippen molar-refractivity contribution in [2.75, 3.05) is 6.54 Å². The Morgan fingerprint density at radius 1 is 0.938 bits per heavy atom. The van der Waals surface area contributed by atoms with Gasteiger partial charge in [0.15, 0.2) is 0 Å². The third kappa shape index (κ3) is 11.4. The van der Waals surface area contributed by atoms with E-state index in [0.717, 1.165) is 0 Å². The highest BCUT2D eigenvalue weighted by atomic mass is 35.6. The average molecular weight is 298 g/mol. The van der Waals surface area contributed by atoms with Crippen molar-refractivity contribution in [3.05, 3.63) is 0 Å². The molecule has 0 aromatic heterocycles. The molecule has 0 aliphatic carbocycles. The van der Waals surface area contributed by atoms with Crippen molar-refractivity contribution in [3.8, 4) is 0 Å². The Morgan fingerprint density at radius 3 is 1.25 bits per heavy atom. The Labute approximate surface area is 112 Å². The number of nitrogens with zero attached hydrogens (tertiary/aromatic N) is 1. The molecule has 0 bridgehead atoms. The van der Waals surface area contributed by atoms with Gasteiger partial charge in [0.25, 0.3) is 0 Å². The highest BCUT2D eigenvalue weighted by Gasteiger charge is 2.33. The molecule has 0 saturated carbocycles. The number of hydrogen-bond acceptors (Lipinski definition) is 1. The summed E-state index contributed by atoms with van der Waals surface area (Å²) in [6, 6.07) is 0. The maximum atomic E-state index is 5.41. The lowest BCUT2D eigenvalue weighted by molar-refractivity contribution is 0.602. The summed E-state index contributed by atoms with van der Waals surface area (Å²) in [6.45, 7) is 22.5. The topological polar surface area (TPSA) is 3.24 Å². The lowest BCUT2D eigenvalue weighted by atomic mass is 10.5. The first-order valence-electron chi connectivity index (χ1n) is 6.34. The molecule has 0 aliphatic rings. The van der Waals surface area contributed by atoms with E-state index in [1.165, 1.54) is 13.0 Å². The van der Waals surface area contributed by atoms with Gasteiger partial charge >= 0.3 is 0 Å². The Balaban J connectivity index is 0. The third-order valence-corrected chi connectivity index (χ3v) is 9.78. The highest BCUT2D eigenvalue weighted by molar-refractivity contribution is 7.05. The number of rotatable bonds is 4. The van der Waals surface area contributed by atoms with Gasteiger partial charge in [0, 0.05) is 0 Å². The zero-order valence-electron chi connectivity index (χ0n) is 12.8. The van der Waals surface area contributed by atoms with Crippen LogP contribution < -0.4 is 0 Å². The molecule has 0 radical (unpaired) electrons. The molecule has 0 N–H and O–H groups in total. The van der Waals surface area contributed by atoms with Gasteiger partial charge in [-0.2, -0.15) is 11.1 Å². The minimum absolute atomic E-state index is 0.667. The van der Waals surface area contributed by atoms with Crippen molar-refractivity contribution in [2.24, 2.45) is 0 Å². The first-order chi connectivity index (χ1) is 6.92. The molecule has 0 rings (SSSR count). The van der Waals surface area contributed by atoms with Gasteiger partial charge in [0.2, 0.25) is 0 Å². The Kier molecular flexibility index (Phi) is 9.72. The zero-order valence-corrected chi connectivity index (χ0v) is 16.7. The van der Waals surface area contributed by atoms with E-state index in [1.54, 1.807) is 0 Å². The standard InChI is InChI=1S/C9H25NSi2.C2H7ClSi/c1-8-9-10(11(2,3)4)12(5,6)7;1-4(2)3/h8-9H2,1-7H3;4H,1-2H3. The van der Waals surface area contributed by atoms with Crippen LogP contribution in [0.4, 0.5) is 0 Å². The van der Waals surface area contributed by atoms with Crippen LogP contribution in [-0.4, -0.2) is 35.4 Å². The molecule has 0 spiro atoms. The first-order valence-corrected chi connectivity index (χ1v) is 17.3. The van der Waals surface area contributed by atoms with Crippen molar-refractivity contribution in [2.45, 2.75) is 65.7 Å². The molecule has 0 aromatic rings. The second-order valence-electron chi connectivity index (χ2n) is 6.51. The van der Waals surface area contributed by atoms with Gasteiger partial charge in [-0.05, 0) is 13.0 Å². The monoisotopic (exact) mass is 297 g/mol. The molecule has 5 heteroatoms. The van der Waals surface area contributed by atoms with Crippen molar-refractivity contribution in [1.29, 1.82) is 0 Å². The number of hydrogen-bond donors (Lipinski definition) is 0. The summed E-state index contributed by atoms with van der Waals surface area (Å²) in [5.41, 5.74) is 0. The third-order valence-electron chi connectivity index (χ3n) is 2.07. The maximum absolute atomic E-state index is 5.41. The van der Waals surface area contributed by atoms with Crippen LogP contribution >= 0.6 is 11.1 Å². The van der Waals surface area contributed by atoms with Crippen LogP contribution in [0.15, 0.2) is 0 Å². The van der Waals surface area contributed by atoms with E-state index in [-0.39, 0.29) is 0 Å². The molecule has 1 nitrogen and oxygen atoms in total.